The van der Waals surface area contributed by atoms with Gasteiger partial charge in [0, 0.05) is 33.3 Å². The Kier molecular flexibility index (Phi) is 15.5. The van der Waals surface area contributed by atoms with Crippen LogP contribution < -0.4 is 30.5 Å². The second kappa shape index (κ2) is 22.6. The van der Waals surface area contributed by atoms with Crippen molar-refractivity contribution in [3.63, 3.8) is 0 Å². The van der Waals surface area contributed by atoms with Gasteiger partial charge in [0.15, 0.2) is 0 Å². The van der Waals surface area contributed by atoms with Gasteiger partial charge in [-0.1, -0.05) is 257 Å². The largest absolute Gasteiger partial charge is 0.306 e. The highest BCUT2D eigenvalue weighted by atomic mass is 28.3. The van der Waals surface area contributed by atoms with Gasteiger partial charge in [-0.3, -0.25) is 0 Å². The van der Waals surface area contributed by atoms with Crippen molar-refractivity contribution in [2.24, 2.45) is 0 Å². The lowest BCUT2D eigenvalue weighted by molar-refractivity contribution is 0.629. The van der Waals surface area contributed by atoms with Gasteiger partial charge in [0.2, 0.25) is 0 Å². The highest BCUT2D eigenvalue weighted by Crippen LogP contribution is 2.53. The summed E-state index contributed by atoms with van der Waals surface area (Å²) in [5, 5.41) is 11.6. The third-order valence-electron chi connectivity index (χ3n) is 18.6. The summed E-state index contributed by atoms with van der Waals surface area (Å²) in [5.41, 5.74) is 16.0. The van der Waals surface area contributed by atoms with Crippen molar-refractivity contribution in [3.05, 3.63) is 240 Å². The Balaban J connectivity index is 1.12. The first-order chi connectivity index (χ1) is 41.6. The smallest absolute Gasteiger partial charge is 0.148 e. The molecule has 0 fully saturated rings. The van der Waals surface area contributed by atoms with E-state index in [1.165, 1.54) is 20.7 Å². The third-order valence-corrected chi connectivity index (χ3v) is 26.9. The summed E-state index contributed by atoms with van der Waals surface area (Å²) in [6.07, 6.45) is 0. The summed E-state index contributed by atoms with van der Waals surface area (Å²) in [4.78, 5) is 4.39. The van der Waals surface area contributed by atoms with Gasteiger partial charge in [-0.2, -0.15) is 0 Å². The average molecular weight is 1220 g/mol. The lowest BCUT2D eigenvalue weighted by Crippen LogP contribution is -2.37. The normalized spacial score (nSPS) is 12.4. The number of benzene rings is 12. The van der Waals surface area contributed by atoms with Gasteiger partial charge < -0.3 is 9.80 Å². The number of halogens is 2. The van der Waals surface area contributed by atoms with Gasteiger partial charge in [0.05, 0.1) is 55.0 Å². The number of hydrogen-bond acceptors (Lipinski definition) is 2. The summed E-state index contributed by atoms with van der Waals surface area (Å²) >= 11 is 0. The molecule has 12 aromatic carbocycles. The molecule has 0 aliphatic heterocycles. The molecule has 0 heterocycles. The van der Waals surface area contributed by atoms with Crippen LogP contribution in [0.15, 0.2) is 206 Å². The maximum absolute atomic E-state index is 18.6. The van der Waals surface area contributed by atoms with E-state index in [1.807, 2.05) is 0 Å². The van der Waals surface area contributed by atoms with Crippen molar-refractivity contribution < 1.29 is 8.78 Å². The van der Waals surface area contributed by atoms with Crippen molar-refractivity contribution in [3.8, 4) is 44.5 Å². The molecule has 12 aromatic rings. The van der Waals surface area contributed by atoms with Crippen LogP contribution in [0.1, 0.15) is 22.3 Å². The van der Waals surface area contributed by atoms with E-state index in [-0.39, 0.29) is 11.6 Å². The van der Waals surface area contributed by atoms with Crippen LogP contribution in [0.5, 0.6) is 0 Å². The van der Waals surface area contributed by atoms with Gasteiger partial charge in [-0.15, -0.1) is 0 Å². The first-order valence-corrected chi connectivity index (χ1v) is 45.2. The van der Waals surface area contributed by atoms with E-state index in [0.29, 0.717) is 11.4 Å². The van der Waals surface area contributed by atoms with Crippen molar-refractivity contribution in [1.82, 2.24) is 0 Å². The fourth-order valence-corrected chi connectivity index (χ4v) is 17.6. The highest BCUT2D eigenvalue weighted by Gasteiger charge is 2.31. The molecule has 0 spiro atoms. The highest BCUT2D eigenvalue weighted by molar-refractivity contribution is 6.90. The zero-order chi connectivity index (χ0) is 62.5. The van der Waals surface area contributed by atoms with Crippen molar-refractivity contribution in [2.75, 3.05) is 9.80 Å². The Morgan fingerprint density at radius 3 is 0.886 bits per heavy atom. The van der Waals surface area contributed by atoms with Crippen LogP contribution in [-0.2, 0) is 0 Å². The molecule has 0 N–H and O–H groups in total. The molecule has 0 saturated heterocycles. The van der Waals surface area contributed by atoms with Crippen molar-refractivity contribution in [1.29, 1.82) is 0 Å². The van der Waals surface area contributed by atoms with E-state index in [2.05, 4.69) is 310 Å². The van der Waals surface area contributed by atoms with Crippen LogP contribution in [0, 0.1) is 39.3 Å². The maximum atomic E-state index is 18.6. The second-order valence-electron chi connectivity index (χ2n) is 28.7. The molecule has 0 unspecified atom stereocenters. The standard InChI is InChI=1S/C80H82F2N2Si4/c1-51-19-17-21-73(53(51)3)83(79-69(57-27-39-65(40-28-57)87(11,12)13)47-61(49-71(79)81)55-23-35-63(36-24-55)85(5,6)7)75-45-33-59-32-44-68-76(46-34-60-31-43-67(75)77(59)78(60)68)84(74-22-18-20-52(2)54(74)4)80-70(58-29-41-66(42-30-58)88(14,15)16)48-62(50-72(80)82)56-25-37-64(38-26-56)86(8,9)10/h17-50H,1-16H3. The summed E-state index contributed by atoms with van der Waals surface area (Å²) in [6, 6.07) is 73.8. The summed E-state index contributed by atoms with van der Waals surface area (Å²) in [5.74, 6) is -0.617. The molecule has 8 heteroatoms. The minimum atomic E-state index is -1.68. The SMILES string of the molecule is Cc1cccc(N(c2c(F)cc(-c3ccc([Si](C)(C)C)cc3)cc2-c2ccc([Si](C)(C)C)cc2)c2ccc3ccc4c(N(c5cccc(C)c5C)c5c(F)cc(-c6ccc([Si](C)(C)C)cc6)cc5-c5ccc([Si](C)(C)C)cc5)ccc5ccc2c3c54)c1C. The zero-order valence-electron chi connectivity index (χ0n) is 54.3. The lowest BCUT2D eigenvalue weighted by Gasteiger charge is -2.33. The topological polar surface area (TPSA) is 6.48 Å². The Bertz CT molecular complexity index is 4340. The molecule has 442 valence electrons. The van der Waals surface area contributed by atoms with Crippen molar-refractivity contribution in [2.45, 2.75) is 106 Å². The van der Waals surface area contributed by atoms with Crippen LogP contribution in [0.3, 0.4) is 0 Å². The molecule has 0 radical (unpaired) electrons. The van der Waals surface area contributed by atoms with Crippen LogP contribution >= 0.6 is 0 Å². The van der Waals surface area contributed by atoms with Crippen LogP contribution in [0.2, 0.25) is 78.6 Å². The van der Waals surface area contributed by atoms with E-state index < -0.39 is 32.3 Å². The molecule has 0 bridgehead atoms. The van der Waals surface area contributed by atoms with Gasteiger partial charge in [-0.05, 0) is 153 Å². The number of hydrogen-bond donors (Lipinski definition) is 0. The monoisotopic (exact) mass is 1220 g/mol. The molecule has 0 aliphatic rings. The van der Waals surface area contributed by atoms with E-state index >= 15 is 8.78 Å². The van der Waals surface area contributed by atoms with E-state index in [0.717, 1.165) is 122 Å². The summed E-state index contributed by atoms with van der Waals surface area (Å²) in [7, 11) is -6.53. The number of aryl methyl sites for hydroxylation is 2. The molecule has 12 rings (SSSR count). The van der Waals surface area contributed by atoms with Crippen LogP contribution in [0.25, 0.3) is 76.8 Å². The minimum Gasteiger partial charge on any atom is -0.306 e. The van der Waals surface area contributed by atoms with Gasteiger partial charge in [-0.25, -0.2) is 8.78 Å². The van der Waals surface area contributed by atoms with Gasteiger partial charge in [0.25, 0.3) is 0 Å². The summed E-state index contributed by atoms with van der Waals surface area (Å²) < 4.78 is 37.1. The predicted octanol–water partition coefficient (Wildman–Crippen LogP) is 21.9. The number of rotatable bonds is 14. The molecule has 88 heavy (non-hydrogen) atoms. The van der Waals surface area contributed by atoms with Crippen LogP contribution in [-0.4, -0.2) is 32.3 Å². The maximum Gasteiger partial charge on any atom is 0.148 e. The zero-order valence-corrected chi connectivity index (χ0v) is 58.3. The average Bonchev–Trinajstić information content (AvgIpc) is 0.751. The van der Waals surface area contributed by atoms with Gasteiger partial charge in [0.1, 0.15) is 11.6 Å². The molecular weight excluding hydrogens is 1140 g/mol. The Morgan fingerprint density at radius 1 is 0.284 bits per heavy atom. The van der Waals surface area contributed by atoms with E-state index in [1.54, 1.807) is 12.1 Å². The van der Waals surface area contributed by atoms with E-state index in [4.69, 9.17) is 0 Å². The molecule has 0 saturated carbocycles. The molecular formula is C80H82F2N2Si4. The fraction of sp³-hybridized carbons (Fsp3) is 0.200. The van der Waals surface area contributed by atoms with E-state index in [9.17, 15) is 0 Å². The number of anilines is 6. The fourth-order valence-electron chi connectivity index (χ4n) is 12.9. The third kappa shape index (κ3) is 11.1. The first-order valence-electron chi connectivity index (χ1n) is 31.2. The molecule has 0 amide bonds. The summed E-state index contributed by atoms with van der Waals surface area (Å²) in [6.45, 7) is 37.0. The second-order valence-corrected chi connectivity index (χ2v) is 49.0. The Labute approximate surface area is 525 Å². The molecule has 0 aromatic heterocycles. The van der Waals surface area contributed by atoms with Gasteiger partial charge >= 0.3 is 0 Å². The first kappa shape index (κ1) is 60.3. The molecule has 0 aliphatic carbocycles. The Hall–Kier alpha value is -7.99. The predicted molar refractivity (Wildman–Crippen MR) is 392 cm³/mol. The lowest BCUT2D eigenvalue weighted by atomic mass is 9.90. The van der Waals surface area contributed by atoms with Crippen LogP contribution in [0.4, 0.5) is 42.9 Å². The quantitative estimate of drug-likeness (QED) is 0.0791. The molecule has 0 atom stereocenters. The van der Waals surface area contributed by atoms with Crippen molar-refractivity contribution >= 4 is 119 Å². The number of nitrogens with zero attached hydrogens (tertiary/aromatic N) is 2. The minimum absolute atomic E-state index is 0.309. The Morgan fingerprint density at radius 2 is 0.580 bits per heavy atom. The molecule has 2 nitrogen and oxygen atoms in total.